The molecular weight excluding hydrogens is 429 g/mol. The fourth-order valence-electron chi connectivity index (χ4n) is 1.53. The van der Waals surface area contributed by atoms with Gasteiger partial charge in [-0.3, -0.25) is 0 Å². The van der Waals surface area contributed by atoms with Crippen molar-refractivity contribution < 1.29 is 4.74 Å². The second-order valence-corrected chi connectivity index (χ2v) is 7.17. The smallest absolute Gasteiger partial charge is 0.148 e. The van der Waals surface area contributed by atoms with Crippen LogP contribution in [0.3, 0.4) is 0 Å². The molecule has 1 rings (SSSR count). The molecule has 0 fully saturated rings. The highest BCUT2D eigenvalue weighted by Gasteiger charge is 2.09. The molecule has 0 saturated carbocycles. The van der Waals surface area contributed by atoms with E-state index < -0.39 is 0 Å². The van der Waals surface area contributed by atoms with Crippen molar-refractivity contribution >= 4 is 55.1 Å². The molecule has 0 spiro atoms. The van der Waals surface area contributed by atoms with Gasteiger partial charge in [0.05, 0.1) is 14.0 Å². The van der Waals surface area contributed by atoms with E-state index in [4.69, 9.17) is 27.9 Å². The molecule has 0 heterocycles. The van der Waals surface area contributed by atoms with Crippen LogP contribution in [0, 0.1) is 5.92 Å². The summed E-state index contributed by atoms with van der Waals surface area (Å²) in [6, 6.07) is 4.07. The number of hydrogen-bond donors (Lipinski definition) is 1. The van der Waals surface area contributed by atoms with E-state index in [1.807, 2.05) is 12.1 Å². The Morgan fingerprint density at radius 1 is 1.35 bits per heavy atom. The third-order valence-electron chi connectivity index (χ3n) is 2.41. The lowest BCUT2D eigenvalue weighted by Crippen LogP contribution is -2.19. The quantitative estimate of drug-likeness (QED) is 0.585. The lowest BCUT2D eigenvalue weighted by molar-refractivity contribution is 0.354. The molecule has 0 aliphatic carbocycles. The van der Waals surface area contributed by atoms with Gasteiger partial charge in [0, 0.05) is 12.1 Å². The topological polar surface area (TPSA) is 21.3 Å². The number of nitrogens with one attached hydrogen (secondary N) is 1. The second kappa shape index (κ2) is 9.31. The predicted molar refractivity (Wildman–Crippen MR) is 93.7 cm³/mol. The Hall–Kier alpha value is 0.260. The van der Waals surface area contributed by atoms with Gasteiger partial charge >= 0.3 is 0 Å². The lowest BCUT2D eigenvalue weighted by atomic mass is 10.2. The zero-order chi connectivity index (χ0) is 15.1. The number of rotatable bonds is 7. The molecule has 0 aliphatic rings. The molecule has 112 valence electrons. The molecule has 20 heavy (non-hydrogen) atoms. The number of ether oxygens (including phenoxy) is 1. The van der Waals surface area contributed by atoms with Crippen LogP contribution in [-0.4, -0.2) is 13.2 Å². The maximum Gasteiger partial charge on any atom is 0.148 e. The Kier molecular flexibility index (Phi) is 8.53. The van der Waals surface area contributed by atoms with Gasteiger partial charge in [0.2, 0.25) is 0 Å². The van der Waals surface area contributed by atoms with Crippen LogP contribution in [0.2, 0.25) is 0 Å². The average molecular weight is 446 g/mol. The molecule has 1 N–H and O–H groups in total. The van der Waals surface area contributed by atoms with E-state index in [1.54, 1.807) is 0 Å². The number of halogens is 4. The third-order valence-corrected chi connectivity index (χ3v) is 4.18. The van der Waals surface area contributed by atoms with Crippen molar-refractivity contribution in [1.29, 1.82) is 0 Å². The van der Waals surface area contributed by atoms with Crippen molar-refractivity contribution in [2.45, 2.75) is 20.4 Å². The van der Waals surface area contributed by atoms with E-state index in [2.05, 4.69) is 51.0 Å². The first-order valence-electron chi connectivity index (χ1n) is 6.20. The molecule has 0 unspecified atom stereocenters. The summed E-state index contributed by atoms with van der Waals surface area (Å²) in [6.45, 7) is 6.42. The van der Waals surface area contributed by atoms with Gasteiger partial charge < -0.3 is 10.1 Å². The van der Waals surface area contributed by atoms with Crippen LogP contribution >= 0.6 is 55.1 Å². The number of benzene rings is 1. The highest BCUT2D eigenvalue weighted by molar-refractivity contribution is 9.11. The normalized spacial score (nSPS) is 12.1. The van der Waals surface area contributed by atoms with Gasteiger partial charge in [-0.15, -0.1) is 0 Å². The summed E-state index contributed by atoms with van der Waals surface area (Å²) in [4.78, 5) is 0. The van der Waals surface area contributed by atoms with Crippen LogP contribution in [0.15, 0.2) is 31.6 Å². The predicted octanol–water partition coefficient (Wildman–Crippen LogP) is 5.66. The zero-order valence-electron chi connectivity index (χ0n) is 11.4. The van der Waals surface area contributed by atoms with Crippen molar-refractivity contribution in [2.24, 2.45) is 5.92 Å². The molecular formula is C14H17Br2Cl2NO. The molecule has 0 aliphatic heterocycles. The van der Waals surface area contributed by atoms with Gasteiger partial charge in [0.25, 0.3) is 0 Å². The minimum atomic E-state index is 0.243. The molecule has 0 saturated heterocycles. The van der Waals surface area contributed by atoms with Crippen LogP contribution < -0.4 is 10.1 Å². The Morgan fingerprint density at radius 3 is 2.45 bits per heavy atom. The fraction of sp³-hybridized carbons (Fsp3) is 0.429. The first-order valence-corrected chi connectivity index (χ1v) is 8.60. The van der Waals surface area contributed by atoms with Crippen molar-refractivity contribution in [1.82, 2.24) is 5.32 Å². The lowest BCUT2D eigenvalue weighted by Gasteiger charge is -2.13. The number of hydrogen-bond acceptors (Lipinski definition) is 2. The van der Waals surface area contributed by atoms with Gasteiger partial charge in [-0.2, -0.15) is 0 Å². The van der Waals surface area contributed by atoms with Crippen molar-refractivity contribution in [3.63, 3.8) is 0 Å². The minimum Gasteiger partial charge on any atom is -0.486 e. The van der Waals surface area contributed by atoms with E-state index >= 15 is 0 Å². The summed E-state index contributed by atoms with van der Waals surface area (Å²) in [5.41, 5.74) is 2.48. The SMILES string of the molecule is CC(C)CNCc1cc(Br)c(OC/C(Cl)=C/Cl)c(Br)c1. The molecule has 1 aromatic rings. The Labute approximate surface area is 147 Å². The van der Waals surface area contributed by atoms with E-state index in [1.165, 1.54) is 11.1 Å². The summed E-state index contributed by atoms with van der Waals surface area (Å²) < 4.78 is 7.38. The molecule has 0 aromatic heterocycles. The summed E-state index contributed by atoms with van der Waals surface area (Å²) in [5, 5.41) is 3.86. The Balaban J connectivity index is 2.70. The first kappa shape index (κ1) is 18.3. The minimum absolute atomic E-state index is 0.243. The second-order valence-electron chi connectivity index (χ2n) is 4.76. The molecule has 0 amide bonds. The summed E-state index contributed by atoms with van der Waals surface area (Å²) in [5.74, 6) is 1.35. The van der Waals surface area contributed by atoms with Crippen LogP contribution in [0.1, 0.15) is 19.4 Å². The highest BCUT2D eigenvalue weighted by Crippen LogP contribution is 2.35. The maximum atomic E-state index is 5.81. The van der Waals surface area contributed by atoms with Crippen molar-refractivity contribution in [2.75, 3.05) is 13.2 Å². The Morgan fingerprint density at radius 2 is 1.95 bits per heavy atom. The van der Waals surface area contributed by atoms with Gasteiger partial charge in [0.1, 0.15) is 12.4 Å². The summed E-state index contributed by atoms with van der Waals surface area (Å²) in [6.07, 6.45) is 0. The highest BCUT2D eigenvalue weighted by atomic mass is 79.9. The van der Waals surface area contributed by atoms with Crippen LogP contribution in [0.5, 0.6) is 5.75 Å². The zero-order valence-corrected chi connectivity index (χ0v) is 16.0. The molecule has 0 atom stereocenters. The Bertz CT molecular complexity index is 455. The van der Waals surface area contributed by atoms with Gasteiger partial charge in [-0.25, -0.2) is 0 Å². The van der Waals surface area contributed by atoms with Gasteiger partial charge in [-0.1, -0.05) is 37.0 Å². The van der Waals surface area contributed by atoms with E-state index in [9.17, 15) is 0 Å². The van der Waals surface area contributed by atoms with E-state index in [0.717, 1.165) is 22.0 Å². The first-order chi connectivity index (χ1) is 9.43. The van der Waals surface area contributed by atoms with E-state index in [-0.39, 0.29) is 6.61 Å². The molecule has 2 nitrogen and oxygen atoms in total. The van der Waals surface area contributed by atoms with E-state index in [0.29, 0.717) is 16.7 Å². The molecule has 0 radical (unpaired) electrons. The average Bonchev–Trinajstić information content (AvgIpc) is 2.37. The van der Waals surface area contributed by atoms with Crippen LogP contribution in [-0.2, 0) is 6.54 Å². The van der Waals surface area contributed by atoms with Crippen LogP contribution in [0.4, 0.5) is 0 Å². The third kappa shape index (κ3) is 6.35. The molecule has 6 heteroatoms. The summed E-state index contributed by atoms with van der Waals surface area (Å²) >= 11 is 18.3. The van der Waals surface area contributed by atoms with Crippen LogP contribution in [0.25, 0.3) is 0 Å². The molecule has 1 aromatic carbocycles. The monoisotopic (exact) mass is 443 g/mol. The summed E-state index contributed by atoms with van der Waals surface area (Å²) in [7, 11) is 0. The van der Waals surface area contributed by atoms with Crippen molar-refractivity contribution in [3.05, 3.63) is 37.2 Å². The van der Waals surface area contributed by atoms with Crippen molar-refractivity contribution in [3.8, 4) is 5.75 Å². The standard InChI is InChI=1S/C14H17Br2Cl2NO/c1-9(2)6-19-7-10-3-12(15)14(13(16)4-10)20-8-11(18)5-17/h3-5,9,19H,6-8H2,1-2H3/b11-5-. The molecule has 0 bridgehead atoms. The fourth-order valence-corrected chi connectivity index (χ4v) is 3.16. The largest absolute Gasteiger partial charge is 0.486 e. The van der Waals surface area contributed by atoms with Gasteiger partial charge in [-0.05, 0) is 62.0 Å². The van der Waals surface area contributed by atoms with Gasteiger partial charge in [0.15, 0.2) is 0 Å². The maximum absolute atomic E-state index is 5.81.